The summed E-state index contributed by atoms with van der Waals surface area (Å²) in [6.45, 7) is 2.73. The first-order valence-corrected chi connectivity index (χ1v) is 9.49. The molecule has 3 aromatic rings. The molecule has 0 aliphatic heterocycles. The van der Waals surface area contributed by atoms with Gasteiger partial charge in [-0.2, -0.15) is 0 Å². The molecule has 6 nitrogen and oxygen atoms in total. The number of carbonyl (C=O) groups excluding carboxylic acids is 2. The third kappa shape index (κ3) is 5.42. The van der Waals surface area contributed by atoms with Crippen LogP contribution < -0.4 is 15.4 Å². The molecule has 0 saturated heterocycles. The minimum Gasteiger partial charge on any atom is -0.477 e. The zero-order valence-corrected chi connectivity index (χ0v) is 16.2. The monoisotopic (exact) mass is 389 g/mol. The Hall–Kier alpha value is -3.67. The number of carbonyl (C=O) groups is 2. The number of anilines is 1. The van der Waals surface area contributed by atoms with Gasteiger partial charge in [0.05, 0.1) is 17.9 Å². The van der Waals surface area contributed by atoms with Crippen molar-refractivity contribution in [1.29, 1.82) is 0 Å². The lowest BCUT2D eigenvalue weighted by Gasteiger charge is -2.13. The number of ether oxygens (including phenoxy) is 1. The second-order valence-electron chi connectivity index (χ2n) is 6.28. The fraction of sp³-hybridized carbons (Fsp3) is 0.174. The van der Waals surface area contributed by atoms with Crippen LogP contribution in [0.25, 0.3) is 0 Å². The van der Waals surface area contributed by atoms with E-state index in [1.54, 1.807) is 42.6 Å². The Morgan fingerprint density at radius 3 is 2.41 bits per heavy atom. The number of rotatable bonds is 8. The van der Waals surface area contributed by atoms with Gasteiger partial charge in [-0.05, 0) is 43.2 Å². The number of nitrogens with one attached hydrogen (secondary N) is 2. The SMILES string of the molecule is CCOc1ncccc1C(=O)Nc1ccccc1C(=O)NCCc1ccccc1. The maximum Gasteiger partial charge on any atom is 0.261 e. The maximum atomic E-state index is 12.7. The third-order valence-corrected chi connectivity index (χ3v) is 4.26. The summed E-state index contributed by atoms with van der Waals surface area (Å²) >= 11 is 0. The van der Waals surface area contributed by atoms with Gasteiger partial charge in [0.15, 0.2) is 0 Å². The Labute approximate surface area is 169 Å². The molecule has 0 radical (unpaired) electrons. The zero-order valence-electron chi connectivity index (χ0n) is 16.2. The average molecular weight is 389 g/mol. The Kier molecular flexibility index (Phi) is 6.95. The van der Waals surface area contributed by atoms with Gasteiger partial charge in [-0.1, -0.05) is 42.5 Å². The largest absolute Gasteiger partial charge is 0.477 e. The number of hydrogen-bond acceptors (Lipinski definition) is 4. The van der Waals surface area contributed by atoms with E-state index in [0.717, 1.165) is 12.0 Å². The molecule has 2 aromatic carbocycles. The van der Waals surface area contributed by atoms with Crippen LogP contribution >= 0.6 is 0 Å². The number of para-hydroxylation sites is 1. The molecule has 1 aromatic heterocycles. The highest BCUT2D eigenvalue weighted by Gasteiger charge is 2.17. The van der Waals surface area contributed by atoms with Crippen LogP contribution in [0.15, 0.2) is 72.9 Å². The van der Waals surface area contributed by atoms with Crippen LogP contribution in [-0.4, -0.2) is 29.9 Å². The summed E-state index contributed by atoms with van der Waals surface area (Å²) in [7, 11) is 0. The van der Waals surface area contributed by atoms with E-state index in [2.05, 4.69) is 15.6 Å². The summed E-state index contributed by atoms with van der Waals surface area (Å²) in [5.41, 5.74) is 2.29. The summed E-state index contributed by atoms with van der Waals surface area (Å²) in [5, 5.41) is 5.70. The van der Waals surface area contributed by atoms with Crippen molar-refractivity contribution >= 4 is 17.5 Å². The molecule has 29 heavy (non-hydrogen) atoms. The van der Waals surface area contributed by atoms with Crippen molar-refractivity contribution in [3.05, 3.63) is 89.6 Å². The van der Waals surface area contributed by atoms with Crippen molar-refractivity contribution in [1.82, 2.24) is 10.3 Å². The van der Waals surface area contributed by atoms with E-state index >= 15 is 0 Å². The van der Waals surface area contributed by atoms with Crippen LogP contribution in [0.1, 0.15) is 33.2 Å². The van der Waals surface area contributed by atoms with Crippen molar-refractivity contribution in [3.8, 4) is 5.88 Å². The van der Waals surface area contributed by atoms with E-state index in [4.69, 9.17) is 4.74 Å². The fourth-order valence-corrected chi connectivity index (χ4v) is 2.86. The van der Waals surface area contributed by atoms with Gasteiger partial charge in [0.2, 0.25) is 5.88 Å². The van der Waals surface area contributed by atoms with E-state index in [0.29, 0.717) is 30.0 Å². The van der Waals surface area contributed by atoms with Gasteiger partial charge in [-0.25, -0.2) is 4.98 Å². The van der Waals surface area contributed by atoms with Gasteiger partial charge in [0.25, 0.3) is 11.8 Å². The topological polar surface area (TPSA) is 80.3 Å². The van der Waals surface area contributed by atoms with E-state index in [1.807, 2.05) is 37.3 Å². The van der Waals surface area contributed by atoms with Crippen LogP contribution in [-0.2, 0) is 6.42 Å². The Morgan fingerprint density at radius 1 is 0.897 bits per heavy atom. The molecule has 0 atom stereocenters. The number of benzene rings is 2. The molecule has 2 N–H and O–H groups in total. The van der Waals surface area contributed by atoms with Crippen LogP contribution in [0.4, 0.5) is 5.69 Å². The lowest BCUT2D eigenvalue weighted by molar-refractivity contribution is 0.0955. The molecule has 6 heteroatoms. The molecule has 0 unspecified atom stereocenters. The minimum atomic E-state index is -0.383. The van der Waals surface area contributed by atoms with Crippen molar-refractivity contribution in [2.24, 2.45) is 0 Å². The lowest BCUT2D eigenvalue weighted by atomic mass is 10.1. The molecule has 1 heterocycles. The molecule has 0 saturated carbocycles. The summed E-state index contributed by atoms with van der Waals surface area (Å²) < 4.78 is 5.42. The van der Waals surface area contributed by atoms with Crippen molar-refractivity contribution < 1.29 is 14.3 Å². The average Bonchev–Trinajstić information content (AvgIpc) is 2.75. The van der Waals surface area contributed by atoms with E-state index in [1.165, 1.54) is 0 Å². The van der Waals surface area contributed by atoms with Crippen LogP contribution in [0.5, 0.6) is 5.88 Å². The molecule has 0 fully saturated rings. The molecule has 2 amide bonds. The van der Waals surface area contributed by atoms with Gasteiger partial charge in [0, 0.05) is 12.7 Å². The molecule has 0 bridgehead atoms. The summed E-state index contributed by atoms with van der Waals surface area (Å²) in [6, 6.07) is 20.1. The van der Waals surface area contributed by atoms with E-state index in [9.17, 15) is 9.59 Å². The van der Waals surface area contributed by atoms with Crippen LogP contribution in [0, 0.1) is 0 Å². The lowest BCUT2D eigenvalue weighted by Crippen LogP contribution is -2.27. The molecule has 148 valence electrons. The Balaban J connectivity index is 1.68. The highest BCUT2D eigenvalue weighted by Crippen LogP contribution is 2.20. The second-order valence-corrected chi connectivity index (χ2v) is 6.28. The number of aromatic nitrogens is 1. The number of pyridine rings is 1. The molecule has 0 aliphatic rings. The quantitative estimate of drug-likeness (QED) is 0.616. The summed E-state index contributed by atoms with van der Waals surface area (Å²) in [5.74, 6) is -0.364. The highest BCUT2D eigenvalue weighted by molar-refractivity contribution is 6.09. The van der Waals surface area contributed by atoms with Crippen LogP contribution in [0.2, 0.25) is 0 Å². The van der Waals surface area contributed by atoms with Gasteiger partial charge < -0.3 is 15.4 Å². The fourth-order valence-electron chi connectivity index (χ4n) is 2.86. The first-order valence-electron chi connectivity index (χ1n) is 9.49. The normalized spacial score (nSPS) is 10.2. The highest BCUT2D eigenvalue weighted by atomic mass is 16.5. The van der Waals surface area contributed by atoms with Gasteiger partial charge >= 0.3 is 0 Å². The number of nitrogens with zero attached hydrogens (tertiary/aromatic N) is 1. The Morgan fingerprint density at radius 2 is 1.62 bits per heavy atom. The van der Waals surface area contributed by atoms with Gasteiger partial charge in [0.1, 0.15) is 5.56 Å². The van der Waals surface area contributed by atoms with Crippen molar-refractivity contribution in [3.63, 3.8) is 0 Å². The van der Waals surface area contributed by atoms with Gasteiger partial charge in [-0.15, -0.1) is 0 Å². The Bertz CT molecular complexity index is 974. The van der Waals surface area contributed by atoms with E-state index in [-0.39, 0.29) is 17.7 Å². The molecule has 0 aliphatic carbocycles. The summed E-state index contributed by atoms with van der Waals surface area (Å²) in [6.07, 6.45) is 2.30. The molecule has 3 rings (SSSR count). The second kappa shape index (κ2) is 10.0. The molecule has 0 spiro atoms. The van der Waals surface area contributed by atoms with Crippen molar-refractivity contribution in [2.45, 2.75) is 13.3 Å². The molecular formula is C23H23N3O3. The first kappa shape index (κ1) is 20.1. The number of hydrogen-bond donors (Lipinski definition) is 2. The number of amides is 2. The molecular weight excluding hydrogens is 366 g/mol. The smallest absolute Gasteiger partial charge is 0.261 e. The maximum absolute atomic E-state index is 12.7. The minimum absolute atomic E-state index is 0.243. The van der Waals surface area contributed by atoms with E-state index < -0.39 is 0 Å². The predicted octanol–water partition coefficient (Wildman–Crippen LogP) is 3.71. The summed E-state index contributed by atoms with van der Waals surface area (Å²) in [4.78, 5) is 29.5. The van der Waals surface area contributed by atoms with Crippen molar-refractivity contribution in [2.75, 3.05) is 18.5 Å². The van der Waals surface area contributed by atoms with Crippen LogP contribution in [0.3, 0.4) is 0 Å². The predicted molar refractivity (Wildman–Crippen MR) is 112 cm³/mol. The standard InChI is InChI=1S/C23H23N3O3/c1-2-29-23-19(12-8-15-25-23)22(28)26-20-13-7-6-11-18(20)21(27)24-16-14-17-9-4-3-5-10-17/h3-13,15H,2,14,16H2,1H3,(H,24,27)(H,26,28). The zero-order chi connectivity index (χ0) is 20.5. The van der Waals surface area contributed by atoms with Gasteiger partial charge in [-0.3, -0.25) is 9.59 Å². The first-order chi connectivity index (χ1) is 14.2. The third-order valence-electron chi connectivity index (χ3n) is 4.26.